The van der Waals surface area contributed by atoms with Crippen molar-refractivity contribution in [2.75, 3.05) is 6.61 Å². The number of alkyl halides is 2. The molecule has 1 aliphatic heterocycles. The number of halogens is 4. The van der Waals surface area contributed by atoms with E-state index in [9.17, 15) is 13.6 Å². The van der Waals surface area contributed by atoms with Gasteiger partial charge in [-0.25, -0.2) is 13.6 Å². The topological polar surface area (TPSA) is 38.3 Å². The number of hydrogen-bond acceptors (Lipinski definition) is 2. The number of rotatable bonds is 1. The van der Waals surface area contributed by atoms with Crippen LogP contribution >= 0.6 is 28.3 Å². The van der Waals surface area contributed by atoms with Gasteiger partial charge in [0.25, 0.3) is 0 Å². The van der Waals surface area contributed by atoms with Gasteiger partial charge in [0.05, 0.1) is 0 Å². The minimum atomic E-state index is -3.10. The molecule has 2 rings (SSSR count). The lowest BCUT2D eigenvalue weighted by Crippen LogP contribution is -2.49. The standard InChI is InChI=1S/C10H8BrF2NO2.ClH/c11-7-3-1-6(2-4-7)8-10(12,13)5-16-9(15)14-8;/h1-4,8H,5H2,(H,14,15);1H/t8-;/m1./s1. The molecule has 0 unspecified atom stereocenters. The van der Waals surface area contributed by atoms with Crippen molar-refractivity contribution in [3.63, 3.8) is 0 Å². The number of nitrogens with one attached hydrogen (secondary N) is 1. The van der Waals surface area contributed by atoms with Gasteiger partial charge >= 0.3 is 12.0 Å². The van der Waals surface area contributed by atoms with Crippen molar-refractivity contribution < 1.29 is 18.3 Å². The van der Waals surface area contributed by atoms with E-state index in [0.29, 0.717) is 5.56 Å². The highest BCUT2D eigenvalue weighted by molar-refractivity contribution is 9.10. The highest BCUT2D eigenvalue weighted by Crippen LogP contribution is 2.34. The van der Waals surface area contributed by atoms with Crippen LogP contribution < -0.4 is 5.32 Å². The lowest BCUT2D eigenvalue weighted by molar-refractivity contribution is -0.104. The van der Waals surface area contributed by atoms with Crippen LogP contribution in [0.2, 0.25) is 0 Å². The number of alkyl carbamates (subject to hydrolysis) is 1. The Bertz CT molecular complexity index is 413. The summed E-state index contributed by atoms with van der Waals surface area (Å²) in [5.74, 6) is -3.10. The number of ether oxygens (including phenoxy) is 1. The maximum absolute atomic E-state index is 13.5. The fraction of sp³-hybridized carbons (Fsp3) is 0.300. The molecule has 0 bridgehead atoms. The predicted octanol–water partition coefficient (Wildman–Crippen LogP) is 3.29. The normalized spacial score (nSPS) is 22.1. The van der Waals surface area contributed by atoms with Gasteiger partial charge in [-0.1, -0.05) is 28.1 Å². The Morgan fingerprint density at radius 2 is 1.94 bits per heavy atom. The molecule has 0 aliphatic carbocycles. The summed E-state index contributed by atoms with van der Waals surface area (Å²) >= 11 is 3.21. The van der Waals surface area contributed by atoms with Crippen LogP contribution in [0.5, 0.6) is 0 Å². The Kier molecular flexibility index (Phi) is 4.32. The molecule has 1 heterocycles. The van der Waals surface area contributed by atoms with E-state index in [1.54, 1.807) is 12.1 Å². The van der Waals surface area contributed by atoms with Crippen molar-refractivity contribution in [1.82, 2.24) is 5.32 Å². The molecule has 1 N–H and O–H groups in total. The Morgan fingerprint density at radius 1 is 1.35 bits per heavy atom. The Morgan fingerprint density at radius 3 is 2.53 bits per heavy atom. The van der Waals surface area contributed by atoms with E-state index in [1.807, 2.05) is 0 Å². The number of benzene rings is 1. The molecule has 1 atom stereocenters. The predicted molar refractivity (Wildman–Crippen MR) is 63.6 cm³/mol. The van der Waals surface area contributed by atoms with Crippen LogP contribution in [0.15, 0.2) is 28.7 Å². The van der Waals surface area contributed by atoms with Crippen LogP contribution in [0, 0.1) is 0 Å². The van der Waals surface area contributed by atoms with Gasteiger partial charge in [-0.05, 0) is 17.7 Å². The molecule has 0 aromatic heterocycles. The average Bonchev–Trinajstić information content (AvgIpc) is 2.23. The fourth-order valence-electron chi connectivity index (χ4n) is 1.49. The second kappa shape index (κ2) is 5.18. The molecule has 7 heteroatoms. The van der Waals surface area contributed by atoms with Crippen molar-refractivity contribution in [2.45, 2.75) is 12.0 Å². The van der Waals surface area contributed by atoms with Crippen molar-refractivity contribution in [2.24, 2.45) is 0 Å². The highest BCUT2D eigenvalue weighted by Gasteiger charge is 2.46. The van der Waals surface area contributed by atoms with Crippen molar-refractivity contribution >= 4 is 34.4 Å². The molecular weight excluding hydrogens is 319 g/mol. The molecule has 1 aliphatic rings. The first-order chi connectivity index (χ1) is 7.49. The quantitative estimate of drug-likeness (QED) is 0.859. The minimum Gasteiger partial charge on any atom is -0.443 e. The van der Waals surface area contributed by atoms with Crippen LogP contribution in [0.3, 0.4) is 0 Å². The Labute approximate surface area is 111 Å². The van der Waals surface area contributed by atoms with E-state index < -0.39 is 24.7 Å². The Balaban J connectivity index is 0.00000144. The molecule has 94 valence electrons. The maximum atomic E-state index is 13.5. The van der Waals surface area contributed by atoms with E-state index in [0.717, 1.165) is 4.47 Å². The van der Waals surface area contributed by atoms with Gasteiger partial charge in [-0.2, -0.15) is 0 Å². The first-order valence-electron chi connectivity index (χ1n) is 4.55. The summed E-state index contributed by atoms with van der Waals surface area (Å²) in [7, 11) is 0. The average molecular weight is 329 g/mol. The summed E-state index contributed by atoms with van der Waals surface area (Å²) < 4.78 is 32.0. The zero-order chi connectivity index (χ0) is 11.8. The van der Waals surface area contributed by atoms with E-state index >= 15 is 0 Å². The molecular formula is C10H9BrClF2NO2. The van der Waals surface area contributed by atoms with Gasteiger partial charge in [0.15, 0.2) is 6.61 Å². The first-order valence-corrected chi connectivity index (χ1v) is 5.35. The van der Waals surface area contributed by atoms with Gasteiger partial charge in [-0.15, -0.1) is 12.4 Å². The number of carbonyl (C=O) groups excluding carboxylic acids is 1. The smallest absolute Gasteiger partial charge is 0.408 e. The van der Waals surface area contributed by atoms with Crippen LogP contribution in [0.25, 0.3) is 0 Å². The number of hydrogen-bond donors (Lipinski definition) is 1. The largest absolute Gasteiger partial charge is 0.443 e. The van der Waals surface area contributed by atoms with Crippen molar-refractivity contribution in [3.05, 3.63) is 34.3 Å². The first kappa shape index (κ1) is 14.2. The minimum absolute atomic E-state index is 0. The molecule has 1 fully saturated rings. The molecule has 1 saturated heterocycles. The molecule has 0 saturated carbocycles. The molecule has 1 amide bonds. The summed E-state index contributed by atoms with van der Waals surface area (Å²) in [5, 5.41) is 2.12. The molecule has 0 radical (unpaired) electrons. The van der Waals surface area contributed by atoms with Crippen molar-refractivity contribution in [1.29, 1.82) is 0 Å². The molecule has 0 spiro atoms. The molecule has 3 nitrogen and oxygen atoms in total. The zero-order valence-electron chi connectivity index (χ0n) is 8.45. The summed E-state index contributed by atoms with van der Waals surface area (Å²) in [6.07, 6.45) is -0.821. The highest BCUT2D eigenvalue weighted by atomic mass is 79.9. The van der Waals surface area contributed by atoms with Gasteiger partial charge in [0, 0.05) is 4.47 Å². The number of amides is 1. The van der Waals surface area contributed by atoms with Gasteiger partial charge < -0.3 is 10.1 Å². The van der Waals surface area contributed by atoms with Crippen LogP contribution in [0.1, 0.15) is 11.6 Å². The van der Waals surface area contributed by atoms with Gasteiger partial charge in [0.1, 0.15) is 6.04 Å². The second-order valence-corrected chi connectivity index (χ2v) is 4.38. The molecule has 17 heavy (non-hydrogen) atoms. The van der Waals surface area contributed by atoms with E-state index in [-0.39, 0.29) is 12.4 Å². The second-order valence-electron chi connectivity index (χ2n) is 3.47. The fourth-order valence-corrected chi connectivity index (χ4v) is 1.76. The lowest BCUT2D eigenvalue weighted by atomic mass is 10.0. The van der Waals surface area contributed by atoms with E-state index in [1.165, 1.54) is 12.1 Å². The summed E-state index contributed by atoms with van der Waals surface area (Å²) in [6.45, 7) is -0.889. The van der Waals surface area contributed by atoms with E-state index in [2.05, 4.69) is 26.0 Å². The number of carbonyl (C=O) groups is 1. The SMILES string of the molecule is Cl.O=C1N[C@H](c2ccc(Br)cc2)C(F)(F)CO1. The van der Waals surface area contributed by atoms with Gasteiger partial charge in [0.2, 0.25) is 0 Å². The molecule has 1 aromatic carbocycles. The summed E-state index contributed by atoms with van der Waals surface area (Å²) in [5.41, 5.74) is 0.352. The Hall–Kier alpha value is -0.880. The molecule has 1 aromatic rings. The zero-order valence-corrected chi connectivity index (χ0v) is 10.9. The van der Waals surface area contributed by atoms with E-state index in [4.69, 9.17) is 0 Å². The summed E-state index contributed by atoms with van der Waals surface area (Å²) in [6, 6.07) is 5.03. The third-order valence-electron chi connectivity index (χ3n) is 2.28. The lowest BCUT2D eigenvalue weighted by Gasteiger charge is -2.31. The number of cyclic esters (lactones) is 1. The monoisotopic (exact) mass is 327 g/mol. The van der Waals surface area contributed by atoms with Crippen LogP contribution in [-0.2, 0) is 4.74 Å². The summed E-state index contributed by atoms with van der Waals surface area (Å²) in [4.78, 5) is 10.9. The van der Waals surface area contributed by atoms with Crippen LogP contribution in [0.4, 0.5) is 13.6 Å². The third kappa shape index (κ3) is 3.07. The third-order valence-corrected chi connectivity index (χ3v) is 2.81. The van der Waals surface area contributed by atoms with Gasteiger partial charge in [-0.3, -0.25) is 0 Å². The van der Waals surface area contributed by atoms with Crippen LogP contribution in [-0.4, -0.2) is 18.6 Å². The van der Waals surface area contributed by atoms with Crippen molar-refractivity contribution in [3.8, 4) is 0 Å². The maximum Gasteiger partial charge on any atom is 0.408 e.